The van der Waals surface area contributed by atoms with Gasteiger partial charge in [-0.2, -0.15) is 0 Å². The molecule has 0 N–H and O–H groups in total. The number of ketones is 1. The molecule has 0 aromatic heterocycles. The average molecular weight is 268 g/mol. The third kappa shape index (κ3) is 3.54. The van der Waals surface area contributed by atoms with Crippen LogP contribution in [0.5, 0.6) is 0 Å². The van der Waals surface area contributed by atoms with E-state index in [4.69, 9.17) is 4.74 Å². The van der Waals surface area contributed by atoms with Gasteiger partial charge in [0.2, 0.25) is 0 Å². The van der Waals surface area contributed by atoms with E-state index in [-0.39, 0.29) is 11.8 Å². The lowest BCUT2D eigenvalue weighted by Gasteiger charge is -2.04. The normalized spacial score (nSPS) is 10.1. The van der Waals surface area contributed by atoms with E-state index in [1.165, 1.54) is 0 Å². The van der Waals surface area contributed by atoms with Crippen molar-refractivity contribution in [3.63, 3.8) is 0 Å². The molecule has 0 atom stereocenters. The molecule has 0 unspecified atom stereocenters. The molecule has 2 aromatic carbocycles. The second-order valence-corrected chi connectivity index (χ2v) is 4.38. The van der Waals surface area contributed by atoms with Crippen molar-refractivity contribution < 1.29 is 14.3 Å². The van der Waals surface area contributed by atoms with E-state index >= 15 is 0 Å². The van der Waals surface area contributed by atoms with Crippen LogP contribution in [-0.2, 0) is 11.2 Å². The lowest BCUT2D eigenvalue weighted by atomic mass is 10.0. The lowest BCUT2D eigenvalue weighted by molar-refractivity contribution is 0.0526. The van der Waals surface area contributed by atoms with Crippen molar-refractivity contribution in [3.05, 3.63) is 71.3 Å². The summed E-state index contributed by atoms with van der Waals surface area (Å²) >= 11 is 0. The average Bonchev–Trinajstić information content (AvgIpc) is 2.49. The first kappa shape index (κ1) is 14.0. The molecule has 2 aromatic rings. The van der Waals surface area contributed by atoms with E-state index in [1.54, 1.807) is 43.3 Å². The largest absolute Gasteiger partial charge is 0.462 e. The van der Waals surface area contributed by atoms with Crippen molar-refractivity contribution in [3.8, 4) is 0 Å². The van der Waals surface area contributed by atoms with E-state index < -0.39 is 0 Å². The maximum Gasteiger partial charge on any atom is 0.338 e. The van der Waals surface area contributed by atoms with Crippen molar-refractivity contribution in [1.29, 1.82) is 0 Å². The van der Waals surface area contributed by atoms with Crippen molar-refractivity contribution in [1.82, 2.24) is 0 Å². The molecule has 102 valence electrons. The van der Waals surface area contributed by atoms with Gasteiger partial charge in [-0.05, 0) is 24.6 Å². The van der Waals surface area contributed by atoms with Gasteiger partial charge >= 0.3 is 5.97 Å². The predicted octanol–water partition coefficient (Wildman–Crippen LogP) is 3.29. The van der Waals surface area contributed by atoms with Crippen molar-refractivity contribution >= 4 is 11.8 Å². The van der Waals surface area contributed by atoms with Crippen LogP contribution in [0.1, 0.15) is 33.2 Å². The molecule has 0 fully saturated rings. The fraction of sp³-hybridized carbons (Fsp3) is 0.176. The fourth-order valence-corrected chi connectivity index (χ4v) is 1.88. The van der Waals surface area contributed by atoms with Crippen LogP contribution in [0.4, 0.5) is 0 Å². The van der Waals surface area contributed by atoms with Crippen LogP contribution in [0.25, 0.3) is 0 Å². The van der Waals surface area contributed by atoms with Gasteiger partial charge in [-0.25, -0.2) is 4.79 Å². The number of benzene rings is 2. The highest BCUT2D eigenvalue weighted by Crippen LogP contribution is 2.10. The third-order valence-corrected chi connectivity index (χ3v) is 2.93. The van der Waals surface area contributed by atoms with E-state index in [1.807, 2.05) is 18.2 Å². The molecule has 0 heterocycles. The monoisotopic (exact) mass is 268 g/mol. The molecule has 0 amide bonds. The SMILES string of the molecule is CCOC(=O)c1ccc(CC(=O)c2ccccc2)cc1. The van der Waals surface area contributed by atoms with Crippen LogP contribution in [-0.4, -0.2) is 18.4 Å². The molecule has 20 heavy (non-hydrogen) atoms. The van der Waals surface area contributed by atoms with Gasteiger partial charge in [0.15, 0.2) is 5.78 Å². The molecular formula is C17H16O3. The molecular weight excluding hydrogens is 252 g/mol. The fourth-order valence-electron chi connectivity index (χ4n) is 1.88. The molecule has 0 aliphatic carbocycles. The number of hydrogen-bond donors (Lipinski definition) is 0. The number of carbonyl (C=O) groups is 2. The van der Waals surface area contributed by atoms with E-state index in [0.29, 0.717) is 24.2 Å². The van der Waals surface area contributed by atoms with Crippen molar-refractivity contribution in [2.75, 3.05) is 6.61 Å². The summed E-state index contributed by atoms with van der Waals surface area (Å²) in [6.45, 7) is 2.12. The first-order valence-electron chi connectivity index (χ1n) is 6.55. The van der Waals surface area contributed by atoms with Gasteiger partial charge in [0, 0.05) is 12.0 Å². The van der Waals surface area contributed by atoms with Crippen LogP contribution in [0, 0.1) is 0 Å². The molecule has 0 aliphatic rings. The lowest BCUT2D eigenvalue weighted by Crippen LogP contribution is -2.06. The Morgan fingerprint density at radius 2 is 1.55 bits per heavy atom. The van der Waals surface area contributed by atoms with Gasteiger partial charge in [-0.3, -0.25) is 4.79 Å². The Balaban J connectivity index is 2.04. The summed E-state index contributed by atoms with van der Waals surface area (Å²) in [5.74, 6) is -0.275. The second kappa shape index (κ2) is 6.66. The highest BCUT2D eigenvalue weighted by Gasteiger charge is 2.09. The van der Waals surface area contributed by atoms with Crippen LogP contribution in [0.2, 0.25) is 0 Å². The van der Waals surface area contributed by atoms with Gasteiger partial charge in [-0.15, -0.1) is 0 Å². The quantitative estimate of drug-likeness (QED) is 0.617. The zero-order valence-electron chi connectivity index (χ0n) is 11.3. The minimum atomic E-state index is -0.339. The summed E-state index contributed by atoms with van der Waals surface area (Å²) in [6, 6.07) is 16.1. The highest BCUT2D eigenvalue weighted by molar-refractivity contribution is 5.97. The third-order valence-electron chi connectivity index (χ3n) is 2.93. The Kier molecular flexibility index (Phi) is 4.66. The van der Waals surface area contributed by atoms with E-state index in [9.17, 15) is 9.59 Å². The second-order valence-electron chi connectivity index (χ2n) is 4.38. The van der Waals surface area contributed by atoms with Gasteiger partial charge in [0.1, 0.15) is 0 Å². The van der Waals surface area contributed by atoms with Crippen molar-refractivity contribution in [2.45, 2.75) is 13.3 Å². The topological polar surface area (TPSA) is 43.4 Å². The minimum Gasteiger partial charge on any atom is -0.462 e. The van der Waals surface area contributed by atoms with Crippen LogP contribution in [0.15, 0.2) is 54.6 Å². The smallest absolute Gasteiger partial charge is 0.338 e. The Morgan fingerprint density at radius 3 is 2.15 bits per heavy atom. The van der Waals surface area contributed by atoms with Gasteiger partial charge < -0.3 is 4.74 Å². The summed E-state index contributed by atoms with van der Waals surface area (Å²) in [5, 5.41) is 0. The molecule has 2 rings (SSSR count). The summed E-state index contributed by atoms with van der Waals surface area (Å²) in [5.41, 5.74) is 2.08. The molecule has 0 aliphatic heterocycles. The van der Waals surface area contributed by atoms with Crippen LogP contribution in [0.3, 0.4) is 0 Å². The Labute approximate surface area is 118 Å². The molecule has 0 bridgehead atoms. The molecule has 0 saturated heterocycles. The van der Waals surface area contributed by atoms with Crippen molar-refractivity contribution in [2.24, 2.45) is 0 Å². The first-order chi connectivity index (χ1) is 9.70. The first-order valence-corrected chi connectivity index (χ1v) is 6.55. The number of esters is 1. The summed E-state index contributed by atoms with van der Waals surface area (Å²) < 4.78 is 4.91. The maximum atomic E-state index is 12.0. The maximum absolute atomic E-state index is 12.0. The number of Topliss-reactive ketones (excluding diaryl/α,β-unsaturated/α-hetero) is 1. The zero-order valence-corrected chi connectivity index (χ0v) is 11.3. The number of carbonyl (C=O) groups excluding carboxylic acids is 2. The standard InChI is InChI=1S/C17H16O3/c1-2-20-17(19)15-10-8-13(9-11-15)12-16(18)14-6-4-3-5-7-14/h3-11H,2,12H2,1H3. The summed E-state index contributed by atoms with van der Waals surface area (Å²) in [7, 11) is 0. The van der Waals surface area contributed by atoms with Gasteiger partial charge in [0.25, 0.3) is 0 Å². The molecule has 0 spiro atoms. The summed E-state index contributed by atoms with van der Waals surface area (Å²) in [4.78, 5) is 23.6. The van der Waals surface area contributed by atoms with Gasteiger partial charge in [0.05, 0.1) is 12.2 Å². The predicted molar refractivity (Wildman–Crippen MR) is 76.9 cm³/mol. The zero-order chi connectivity index (χ0) is 14.4. The van der Waals surface area contributed by atoms with Crippen LogP contribution >= 0.6 is 0 Å². The molecule has 3 nitrogen and oxygen atoms in total. The van der Waals surface area contributed by atoms with E-state index in [2.05, 4.69) is 0 Å². The number of hydrogen-bond acceptors (Lipinski definition) is 3. The summed E-state index contributed by atoms with van der Waals surface area (Å²) in [6.07, 6.45) is 0.327. The Morgan fingerprint density at radius 1 is 0.900 bits per heavy atom. The van der Waals surface area contributed by atoms with E-state index in [0.717, 1.165) is 5.56 Å². The molecule has 0 radical (unpaired) electrons. The Hall–Kier alpha value is -2.42. The number of rotatable bonds is 5. The van der Waals surface area contributed by atoms with Gasteiger partial charge in [-0.1, -0.05) is 42.5 Å². The number of ether oxygens (including phenoxy) is 1. The highest BCUT2D eigenvalue weighted by atomic mass is 16.5. The minimum absolute atomic E-state index is 0.0643. The Bertz CT molecular complexity index is 585. The molecule has 3 heteroatoms. The van der Waals surface area contributed by atoms with Crippen LogP contribution < -0.4 is 0 Å². The molecule has 0 saturated carbocycles.